The molecule has 5 heteroatoms. The fourth-order valence-electron chi connectivity index (χ4n) is 6.27. The van der Waals surface area contributed by atoms with Crippen LogP contribution in [0.25, 0.3) is 45.3 Å². The first-order valence-corrected chi connectivity index (χ1v) is 15.0. The Hall–Kier alpha value is -5.94. The van der Waals surface area contributed by atoms with Gasteiger partial charge in [0, 0.05) is 34.0 Å². The molecule has 1 unspecified atom stereocenters. The van der Waals surface area contributed by atoms with E-state index in [1.807, 2.05) is 114 Å². The molecule has 6 aromatic rings. The third kappa shape index (κ3) is 4.75. The first-order valence-electron chi connectivity index (χ1n) is 15.0. The molecule has 2 aliphatic rings. The van der Waals surface area contributed by atoms with E-state index in [0.29, 0.717) is 23.0 Å². The zero-order valence-electron chi connectivity index (χ0n) is 24.6. The zero-order valence-corrected chi connectivity index (χ0v) is 24.6. The van der Waals surface area contributed by atoms with Crippen LogP contribution < -0.4 is 0 Å². The molecule has 0 bridgehead atoms. The summed E-state index contributed by atoms with van der Waals surface area (Å²) < 4.78 is 0. The summed E-state index contributed by atoms with van der Waals surface area (Å²) in [5, 5.41) is 0. The molecular formula is C40H28N4O. The van der Waals surface area contributed by atoms with Gasteiger partial charge in [0.25, 0.3) is 5.91 Å². The lowest BCUT2D eigenvalue weighted by atomic mass is 9.86. The summed E-state index contributed by atoms with van der Waals surface area (Å²) in [4.78, 5) is 30.7. The number of carbonyl (C=O) groups excluding carboxylic acids is 1. The smallest absolute Gasteiger partial charge is 0.259 e. The van der Waals surface area contributed by atoms with E-state index < -0.39 is 0 Å². The molecule has 1 aromatic heterocycles. The molecule has 0 N–H and O–H groups in total. The van der Waals surface area contributed by atoms with Crippen LogP contribution in [0.3, 0.4) is 0 Å². The Balaban J connectivity index is 1.28. The number of carbonyl (C=O) groups is 1. The number of benzene rings is 5. The maximum absolute atomic E-state index is 14.1. The van der Waals surface area contributed by atoms with Gasteiger partial charge < -0.3 is 4.90 Å². The lowest BCUT2D eigenvalue weighted by molar-refractivity contribution is 0.0792. The van der Waals surface area contributed by atoms with Crippen LogP contribution in [0.1, 0.15) is 45.6 Å². The quantitative estimate of drug-likeness (QED) is 0.209. The zero-order chi connectivity index (χ0) is 30.3. The average Bonchev–Trinajstić information content (AvgIpc) is 3.22. The standard InChI is InChI=1S/C40H28N4O/c1-26-23-36-33-21-10-9-20-32(33)35(25-44(36)40(45)34-22-11-8-19-31(26)34)29-17-12-18-30(24-29)39-42-37(27-13-4-2-5-14-27)41-38(43-39)28-15-6-3-7-16-28/h2-25,36H,1H3. The summed E-state index contributed by atoms with van der Waals surface area (Å²) in [7, 11) is 0. The molecule has 1 amide bonds. The highest BCUT2D eigenvalue weighted by Gasteiger charge is 2.34. The molecule has 5 aromatic carbocycles. The van der Waals surface area contributed by atoms with Crippen LogP contribution in [0.5, 0.6) is 0 Å². The van der Waals surface area contributed by atoms with Crippen molar-refractivity contribution in [3.63, 3.8) is 0 Å². The Morgan fingerprint density at radius 1 is 0.533 bits per heavy atom. The SMILES string of the molecule is CC1=CC2c3ccccc3C(c3cccc(-c4nc(-c5ccccc5)nc(-c5ccccc5)n4)c3)=CN2C(=O)c2ccccc21. The first kappa shape index (κ1) is 26.7. The van der Waals surface area contributed by atoms with Gasteiger partial charge in [0.1, 0.15) is 0 Å². The summed E-state index contributed by atoms with van der Waals surface area (Å²) in [6, 6.07) is 44.2. The molecule has 0 saturated carbocycles. The van der Waals surface area contributed by atoms with Gasteiger partial charge in [-0.25, -0.2) is 15.0 Å². The molecule has 3 heterocycles. The monoisotopic (exact) mass is 580 g/mol. The summed E-state index contributed by atoms with van der Waals surface area (Å²) in [5.74, 6) is 1.81. The second-order valence-corrected chi connectivity index (χ2v) is 11.3. The Morgan fingerprint density at radius 2 is 1.04 bits per heavy atom. The number of hydrogen-bond acceptors (Lipinski definition) is 4. The molecule has 0 fully saturated rings. The molecule has 214 valence electrons. The largest absolute Gasteiger partial charge is 0.303 e. The van der Waals surface area contributed by atoms with E-state index in [1.54, 1.807) is 0 Å². The predicted octanol–water partition coefficient (Wildman–Crippen LogP) is 8.88. The minimum Gasteiger partial charge on any atom is -0.303 e. The average molecular weight is 581 g/mol. The van der Waals surface area contributed by atoms with E-state index in [-0.39, 0.29) is 11.9 Å². The molecule has 1 atom stereocenters. The summed E-state index contributed by atoms with van der Waals surface area (Å²) in [6.07, 6.45) is 4.21. The van der Waals surface area contributed by atoms with Gasteiger partial charge in [0.15, 0.2) is 17.5 Å². The third-order valence-electron chi connectivity index (χ3n) is 8.49. The second-order valence-electron chi connectivity index (χ2n) is 11.3. The Kier molecular flexibility index (Phi) is 6.50. The first-order chi connectivity index (χ1) is 22.1. The van der Waals surface area contributed by atoms with Crippen molar-refractivity contribution in [3.05, 3.63) is 174 Å². The number of hydrogen-bond donors (Lipinski definition) is 0. The van der Waals surface area contributed by atoms with E-state index in [2.05, 4.69) is 43.3 Å². The molecule has 2 aliphatic heterocycles. The lowest BCUT2D eigenvalue weighted by Gasteiger charge is -2.33. The van der Waals surface area contributed by atoms with Crippen molar-refractivity contribution in [1.82, 2.24) is 19.9 Å². The number of allylic oxidation sites excluding steroid dienone is 1. The van der Waals surface area contributed by atoms with E-state index >= 15 is 0 Å². The number of fused-ring (bicyclic) bond motifs is 4. The minimum absolute atomic E-state index is 0.00988. The van der Waals surface area contributed by atoms with E-state index in [4.69, 9.17) is 15.0 Å². The van der Waals surface area contributed by atoms with E-state index in [1.165, 1.54) is 0 Å². The maximum Gasteiger partial charge on any atom is 0.259 e. The maximum atomic E-state index is 14.1. The Bertz CT molecular complexity index is 2090. The van der Waals surface area contributed by atoms with Crippen molar-refractivity contribution in [3.8, 4) is 34.2 Å². The van der Waals surface area contributed by atoms with Crippen molar-refractivity contribution in [2.24, 2.45) is 0 Å². The molecule has 0 aliphatic carbocycles. The molecule has 5 nitrogen and oxygen atoms in total. The van der Waals surface area contributed by atoms with Gasteiger partial charge in [0.05, 0.1) is 6.04 Å². The van der Waals surface area contributed by atoms with E-state index in [9.17, 15) is 4.79 Å². The topological polar surface area (TPSA) is 59.0 Å². The van der Waals surface area contributed by atoms with Crippen LogP contribution in [-0.2, 0) is 0 Å². The minimum atomic E-state index is -0.196. The van der Waals surface area contributed by atoms with Crippen LogP contribution in [0.15, 0.2) is 146 Å². The normalized spacial score (nSPS) is 15.3. The van der Waals surface area contributed by atoms with Gasteiger partial charge in [-0.2, -0.15) is 0 Å². The summed E-state index contributed by atoms with van der Waals surface area (Å²) >= 11 is 0. The van der Waals surface area contributed by atoms with Crippen LogP contribution in [-0.4, -0.2) is 25.8 Å². The Labute approximate surface area is 261 Å². The molecule has 0 radical (unpaired) electrons. The number of aromatic nitrogens is 3. The van der Waals surface area contributed by atoms with Gasteiger partial charge in [-0.1, -0.05) is 127 Å². The van der Waals surface area contributed by atoms with Gasteiger partial charge in [-0.15, -0.1) is 0 Å². The number of rotatable bonds is 4. The van der Waals surface area contributed by atoms with Gasteiger partial charge in [0.2, 0.25) is 0 Å². The van der Waals surface area contributed by atoms with Crippen LogP contribution in [0.2, 0.25) is 0 Å². The van der Waals surface area contributed by atoms with Crippen LogP contribution in [0.4, 0.5) is 0 Å². The molecule has 0 saturated heterocycles. The number of nitrogens with zero attached hydrogens (tertiary/aromatic N) is 4. The van der Waals surface area contributed by atoms with E-state index in [0.717, 1.165) is 50.1 Å². The Morgan fingerprint density at radius 3 is 1.71 bits per heavy atom. The fraction of sp³-hybridized carbons (Fsp3) is 0.0500. The van der Waals surface area contributed by atoms with Crippen molar-refractivity contribution < 1.29 is 4.79 Å². The van der Waals surface area contributed by atoms with Crippen molar-refractivity contribution >= 4 is 17.1 Å². The highest BCUT2D eigenvalue weighted by Crippen LogP contribution is 2.43. The molecule has 8 rings (SSSR count). The molecule has 45 heavy (non-hydrogen) atoms. The van der Waals surface area contributed by atoms with Crippen molar-refractivity contribution in [2.45, 2.75) is 13.0 Å². The predicted molar refractivity (Wildman–Crippen MR) is 179 cm³/mol. The highest BCUT2D eigenvalue weighted by molar-refractivity contribution is 6.03. The van der Waals surface area contributed by atoms with Crippen molar-refractivity contribution in [1.29, 1.82) is 0 Å². The lowest BCUT2D eigenvalue weighted by Crippen LogP contribution is -2.32. The summed E-state index contributed by atoms with van der Waals surface area (Å²) in [5.41, 5.74) is 9.65. The highest BCUT2D eigenvalue weighted by atomic mass is 16.2. The van der Waals surface area contributed by atoms with Crippen LogP contribution >= 0.6 is 0 Å². The third-order valence-corrected chi connectivity index (χ3v) is 8.49. The second kappa shape index (κ2) is 11.0. The molecular weight excluding hydrogens is 552 g/mol. The molecule has 0 spiro atoms. The van der Waals surface area contributed by atoms with Gasteiger partial charge >= 0.3 is 0 Å². The van der Waals surface area contributed by atoms with Crippen molar-refractivity contribution in [2.75, 3.05) is 0 Å². The van der Waals surface area contributed by atoms with Gasteiger partial charge in [-0.05, 0) is 46.9 Å². The summed E-state index contributed by atoms with van der Waals surface area (Å²) in [6.45, 7) is 2.09. The number of amides is 1. The van der Waals surface area contributed by atoms with Crippen LogP contribution in [0, 0.1) is 0 Å². The fourth-order valence-corrected chi connectivity index (χ4v) is 6.27. The van der Waals surface area contributed by atoms with Gasteiger partial charge in [-0.3, -0.25) is 4.79 Å².